The van der Waals surface area contributed by atoms with Crippen LogP contribution in [0.5, 0.6) is 0 Å². The summed E-state index contributed by atoms with van der Waals surface area (Å²) in [6.45, 7) is 4.01. The second-order valence-corrected chi connectivity index (χ2v) is 5.20. The monoisotopic (exact) mass is 299 g/mol. The Labute approximate surface area is 130 Å². The molecule has 2 aromatic rings. The number of amides is 1. The summed E-state index contributed by atoms with van der Waals surface area (Å²) in [6.07, 6.45) is 2.98. The molecule has 0 atom stereocenters. The lowest BCUT2D eigenvalue weighted by Crippen LogP contribution is -2.24. The van der Waals surface area contributed by atoms with Gasteiger partial charge in [0.15, 0.2) is 5.43 Å². The molecule has 0 unspecified atom stereocenters. The topological polar surface area (TPSA) is 59.3 Å². The lowest BCUT2D eigenvalue weighted by atomic mass is 10.1. The van der Waals surface area contributed by atoms with Gasteiger partial charge in [0.25, 0.3) is 5.91 Å². The van der Waals surface area contributed by atoms with Crippen LogP contribution >= 0.6 is 0 Å². The Hall–Kier alpha value is -2.36. The number of hydrogen-bond acceptors (Lipinski definition) is 3. The third-order valence-electron chi connectivity index (χ3n) is 3.30. The third-order valence-corrected chi connectivity index (χ3v) is 3.30. The maximum absolute atomic E-state index is 12.4. The summed E-state index contributed by atoms with van der Waals surface area (Å²) in [4.78, 5) is 24.7. The normalized spacial score (nSPS) is 10.5. The largest absolute Gasteiger partial charge is 0.465 e. The summed E-state index contributed by atoms with van der Waals surface area (Å²) in [5.41, 5.74) is 0.504. The van der Waals surface area contributed by atoms with Gasteiger partial charge in [0.05, 0.1) is 0 Å². The Bertz CT molecular complexity index is 689. The molecule has 4 nitrogen and oxygen atoms in total. The maximum atomic E-state index is 12.4. The van der Waals surface area contributed by atoms with Crippen molar-refractivity contribution in [1.82, 2.24) is 0 Å². The van der Waals surface area contributed by atoms with Crippen molar-refractivity contribution in [3.63, 3.8) is 0 Å². The molecule has 0 fully saturated rings. The molecule has 22 heavy (non-hydrogen) atoms. The highest BCUT2D eigenvalue weighted by molar-refractivity contribution is 6.04. The summed E-state index contributed by atoms with van der Waals surface area (Å²) >= 11 is 0. The average molecular weight is 299 g/mol. The van der Waals surface area contributed by atoms with Crippen molar-refractivity contribution in [2.45, 2.75) is 39.5 Å². The van der Waals surface area contributed by atoms with Crippen molar-refractivity contribution in [2.75, 3.05) is 5.32 Å². The number of nitrogens with one attached hydrogen (secondary N) is 1. The molecule has 2 rings (SSSR count). The summed E-state index contributed by atoms with van der Waals surface area (Å²) in [6, 6.07) is 10.5. The first-order valence-corrected chi connectivity index (χ1v) is 7.68. The van der Waals surface area contributed by atoms with E-state index in [0.717, 1.165) is 12.8 Å². The Morgan fingerprint density at radius 2 is 1.77 bits per heavy atom. The number of aryl methyl sites for hydroxylation is 2. The van der Waals surface area contributed by atoms with Gasteiger partial charge < -0.3 is 9.73 Å². The maximum Gasteiger partial charge on any atom is 0.263 e. The van der Waals surface area contributed by atoms with Crippen LogP contribution in [0, 0.1) is 0 Å². The smallest absolute Gasteiger partial charge is 0.263 e. The van der Waals surface area contributed by atoms with Crippen LogP contribution in [-0.4, -0.2) is 5.91 Å². The first-order valence-electron chi connectivity index (χ1n) is 7.68. The highest BCUT2D eigenvalue weighted by atomic mass is 16.3. The number of carbonyl (C=O) groups excluding carboxylic acids is 1. The molecule has 1 heterocycles. The van der Waals surface area contributed by atoms with E-state index in [-0.39, 0.29) is 11.0 Å². The molecule has 4 heteroatoms. The van der Waals surface area contributed by atoms with E-state index in [1.807, 2.05) is 32.0 Å². The second kappa shape index (κ2) is 7.59. The van der Waals surface area contributed by atoms with Gasteiger partial charge in [-0.2, -0.15) is 0 Å². The van der Waals surface area contributed by atoms with Gasteiger partial charge in [-0.25, -0.2) is 0 Å². The van der Waals surface area contributed by atoms with Gasteiger partial charge in [-0.05, 0) is 25.0 Å². The van der Waals surface area contributed by atoms with Crippen LogP contribution in [0.1, 0.15) is 48.6 Å². The van der Waals surface area contributed by atoms with E-state index in [9.17, 15) is 9.59 Å². The van der Waals surface area contributed by atoms with Gasteiger partial charge in [0, 0.05) is 24.6 Å². The zero-order valence-corrected chi connectivity index (χ0v) is 13.0. The molecule has 0 bridgehead atoms. The van der Waals surface area contributed by atoms with Gasteiger partial charge in [-0.1, -0.05) is 32.0 Å². The predicted octanol–water partition coefficient (Wildman–Crippen LogP) is 3.80. The van der Waals surface area contributed by atoms with Gasteiger partial charge >= 0.3 is 0 Å². The van der Waals surface area contributed by atoms with E-state index in [1.54, 1.807) is 12.1 Å². The number of anilines is 1. The van der Waals surface area contributed by atoms with E-state index in [4.69, 9.17) is 4.42 Å². The first-order chi connectivity index (χ1) is 10.7. The highest BCUT2D eigenvalue weighted by Crippen LogP contribution is 2.14. The summed E-state index contributed by atoms with van der Waals surface area (Å²) in [5.74, 6) is 0.713. The van der Waals surface area contributed by atoms with Crippen LogP contribution in [-0.2, 0) is 12.8 Å². The summed E-state index contributed by atoms with van der Waals surface area (Å²) < 4.78 is 5.77. The molecular weight excluding hydrogens is 278 g/mol. The zero-order valence-electron chi connectivity index (χ0n) is 13.0. The van der Waals surface area contributed by atoms with E-state index in [1.165, 1.54) is 6.07 Å². The predicted molar refractivity (Wildman–Crippen MR) is 87.4 cm³/mol. The highest BCUT2D eigenvalue weighted by Gasteiger charge is 2.19. The molecular formula is C18H21NO3. The van der Waals surface area contributed by atoms with Crippen molar-refractivity contribution in [1.29, 1.82) is 0 Å². The van der Waals surface area contributed by atoms with Crippen molar-refractivity contribution in [2.24, 2.45) is 0 Å². The van der Waals surface area contributed by atoms with Gasteiger partial charge in [0.1, 0.15) is 17.1 Å². The first kappa shape index (κ1) is 16.0. The van der Waals surface area contributed by atoms with Crippen LogP contribution in [0.15, 0.2) is 45.6 Å². The van der Waals surface area contributed by atoms with Gasteiger partial charge in [0.2, 0.25) is 0 Å². The van der Waals surface area contributed by atoms with E-state index in [2.05, 4.69) is 5.32 Å². The average Bonchev–Trinajstić information content (AvgIpc) is 2.48. The minimum atomic E-state index is -0.411. The molecule has 0 spiro atoms. The molecule has 0 aliphatic heterocycles. The summed E-state index contributed by atoms with van der Waals surface area (Å²) in [5, 5.41) is 2.75. The molecule has 0 aliphatic rings. The standard InChI is InChI=1S/C18H21NO3/c1-3-8-14-12-15(20)17(16(22-14)9-4-2)18(21)19-13-10-6-5-7-11-13/h5-7,10-12H,3-4,8-9H2,1-2H3,(H,19,21). The lowest BCUT2D eigenvalue weighted by Gasteiger charge is -2.10. The zero-order chi connectivity index (χ0) is 15.9. The van der Waals surface area contributed by atoms with E-state index < -0.39 is 5.91 Å². The molecule has 1 aromatic carbocycles. The number of benzene rings is 1. The quantitative estimate of drug-likeness (QED) is 0.882. The third kappa shape index (κ3) is 3.85. The SMILES string of the molecule is CCCc1cc(=O)c(C(=O)Nc2ccccc2)c(CCC)o1. The molecule has 1 amide bonds. The van der Waals surface area contributed by atoms with Crippen LogP contribution < -0.4 is 10.7 Å². The molecule has 0 aliphatic carbocycles. The fourth-order valence-electron chi connectivity index (χ4n) is 2.32. The van der Waals surface area contributed by atoms with Crippen molar-refractivity contribution in [3.8, 4) is 0 Å². The molecule has 1 N–H and O–H groups in total. The number of hydrogen-bond donors (Lipinski definition) is 1. The Morgan fingerprint density at radius 3 is 2.41 bits per heavy atom. The van der Waals surface area contributed by atoms with E-state index >= 15 is 0 Å². The Kier molecular flexibility index (Phi) is 5.53. The molecule has 0 saturated heterocycles. The minimum absolute atomic E-state index is 0.116. The fraction of sp³-hybridized carbons (Fsp3) is 0.333. The fourth-order valence-corrected chi connectivity index (χ4v) is 2.32. The minimum Gasteiger partial charge on any atom is -0.465 e. The van der Waals surface area contributed by atoms with Crippen molar-refractivity contribution in [3.05, 3.63) is 63.7 Å². The Morgan fingerprint density at radius 1 is 1.09 bits per heavy atom. The van der Waals surface area contributed by atoms with Crippen LogP contribution in [0.2, 0.25) is 0 Å². The number of carbonyl (C=O) groups is 1. The van der Waals surface area contributed by atoms with Crippen LogP contribution in [0.3, 0.4) is 0 Å². The molecule has 0 saturated carbocycles. The van der Waals surface area contributed by atoms with Crippen LogP contribution in [0.25, 0.3) is 0 Å². The number of rotatable bonds is 6. The lowest BCUT2D eigenvalue weighted by molar-refractivity contribution is 0.102. The second-order valence-electron chi connectivity index (χ2n) is 5.20. The van der Waals surface area contributed by atoms with E-state index in [0.29, 0.717) is 30.0 Å². The Balaban J connectivity index is 2.36. The van der Waals surface area contributed by atoms with Gasteiger partial charge in [-0.15, -0.1) is 0 Å². The van der Waals surface area contributed by atoms with Crippen molar-refractivity contribution >= 4 is 11.6 Å². The number of para-hydroxylation sites is 1. The molecule has 0 radical (unpaired) electrons. The van der Waals surface area contributed by atoms with Crippen LogP contribution in [0.4, 0.5) is 5.69 Å². The summed E-state index contributed by atoms with van der Waals surface area (Å²) in [7, 11) is 0. The van der Waals surface area contributed by atoms with Gasteiger partial charge in [-0.3, -0.25) is 9.59 Å². The van der Waals surface area contributed by atoms with Crippen molar-refractivity contribution < 1.29 is 9.21 Å². The molecule has 1 aromatic heterocycles. The molecule has 116 valence electrons.